The molecule has 3 aliphatic rings. The van der Waals surface area contributed by atoms with Crippen LogP contribution in [0, 0.1) is 0 Å². The first-order valence-corrected chi connectivity index (χ1v) is 20.3. The predicted molar refractivity (Wildman–Crippen MR) is 203 cm³/mol. The standard InChI is InChI=1S/C38H51BrO25/c1-14(40)50-11-25-29(55-18(5)44)32(64-38-35(60-23(10)49)31(57-20(7)46)28(54-17(4)43)26(63-38)12-51-15(2)41)34(59-22(9)48)37(62-25)52-13-24-27(53-16(3)42)30(56-19(6)45)33(36(39)61-24)58-21(8)47/h24-38H,11-13H2,1-10H3/t24-,25-,26-,27-,28-,29-,30+,31+,32+,33-,34-,35-,36+,37-,38+/m1/s1. The van der Waals surface area contributed by atoms with Gasteiger partial charge in [-0.05, 0) is 0 Å². The van der Waals surface area contributed by atoms with Crippen molar-refractivity contribution in [1.82, 2.24) is 0 Å². The molecule has 0 amide bonds. The Morgan fingerprint density at radius 3 is 1.03 bits per heavy atom. The maximum atomic E-state index is 12.8. The van der Waals surface area contributed by atoms with Gasteiger partial charge in [-0.15, -0.1) is 0 Å². The Morgan fingerprint density at radius 2 is 0.641 bits per heavy atom. The number of esters is 10. The molecule has 0 saturated carbocycles. The van der Waals surface area contributed by atoms with Crippen molar-refractivity contribution in [2.24, 2.45) is 0 Å². The molecule has 0 unspecified atom stereocenters. The summed E-state index contributed by atoms with van der Waals surface area (Å²) in [5, 5.41) is -1.22. The van der Waals surface area contributed by atoms with Gasteiger partial charge in [-0.2, -0.15) is 0 Å². The molecule has 3 saturated heterocycles. The molecular weight excluding hydrogens is 936 g/mol. The summed E-state index contributed by atoms with van der Waals surface area (Å²) in [5.41, 5.74) is 0. The van der Waals surface area contributed by atoms with Gasteiger partial charge >= 0.3 is 59.7 Å². The van der Waals surface area contributed by atoms with Crippen molar-refractivity contribution in [3.05, 3.63) is 0 Å². The maximum Gasteiger partial charge on any atom is 0.303 e. The number of carbonyl (C=O) groups excluding carboxylic acids is 10. The minimum absolute atomic E-state index is 0.668. The van der Waals surface area contributed by atoms with Crippen molar-refractivity contribution < 1.29 is 119 Å². The third-order valence-corrected chi connectivity index (χ3v) is 9.53. The number of hydrogen-bond acceptors (Lipinski definition) is 25. The van der Waals surface area contributed by atoms with Gasteiger partial charge < -0.3 is 71.1 Å². The first-order chi connectivity index (χ1) is 29.9. The minimum atomic E-state index is -1.97. The Labute approximate surface area is 373 Å². The normalized spacial score (nSPS) is 32.3. The van der Waals surface area contributed by atoms with Crippen LogP contribution in [0.25, 0.3) is 0 Å². The first-order valence-electron chi connectivity index (χ1n) is 19.4. The maximum absolute atomic E-state index is 12.8. The van der Waals surface area contributed by atoms with Crippen LogP contribution in [0.5, 0.6) is 0 Å². The predicted octanol–water partition coefficient (Wildman–Crippen LogP) is -0.462. The molecule has 0 bridgehead atoms. The Hall–Kier alpha value is -5.02. The molecule has 0 aliphatic carbocycles. The van der Waals surface area contributed by atoms with Crippen molar-refractivity contribution in [2.45, 2.75) is 160 Å². The van der Waals surface area contributed by atoms with E-state index in [1.165, 1.54) is 0 Å². The van der Waals surface area contributed by atoms with Gasteiger partial charge in [-0.3, -0.25) is 47.9 Å². The summed E-state index contributed by atoms with van der Waals surface area (Å²) in [6, 6.07) is 0. The van der Waals surface area contributed by atoms with Gasteiger partial charge in [0.15, 0.2) is 66.4 Å². The second kappa shape index (κ2) is 24.3. The summed E-state index contributed by atoms with van der Waals surface area (Å²) in [4.78, 5) is 124. The molecule has 25 nitrogen and oxygen atoms in total. The summed E-state index contributed by atoms with van der Waals surface area (Å²) in [6.07, 6.45) is -23.3. The Bertz CT molecular complexity index is 1740. The molecule has 0 radical (unpaired) electrons. The van der Waals surface area contributed by atoms with E-state index < -0.39 is 170 Å². The van der Waals surface area contributed by atoms with Gasteiger partial charge in [0.2, 0.25) is 0 Å². The monoisotopic (exact) mass is 986 g/mol. The fourth-order valence-electron chi connectivity index (χ4n) is 6.77. The smallest absolute Gasteiger partial charge is 0.303 e. The molecule has 3 fully saturated rings. The molecule has 0 aromatic carbocycles. The molecule has 64 heavy (non-hydrogen) atoms. The van der Waals surface area contributed by atoms with Crippen LogP contribution in [-0.2, 0) is 119 Å². The van der Waals surface area contributed by atoms with Gasteiger partial charge in [0.1, 0.15) is 37.6 Å². The second-order valence-corrected chi connectivity index (χ2v) is 15.1. The highest BCUT2D eigenvalue weighted by molar-refractivity contribution is 9.09. The van der Waals surface area contributed by atoms with Crippen molar-refractivity contribution in [3.63, 3.8) is 0 Å². The minimum Gasteiger partial charge on any atom is -0.463 e. The topological polar surface area (TPSA) is 309 Å². The molecule has 0 aromatic heterocycles. The molecule has 3 rings (SSSR count). The summed E-state index contributed by atoms with van der Waals surface area (Å²) < 4.78 is 85.0. The summed E-state index contributed by atoms with van der Waals surface area (Å²) in [7, 11) is 0. The molecule has 3 aliphatic heterocycles. The average molecular weight is 988 g/mol. The lowest BCUT2D eigenvalue weighted by molar-refractivity contribution is -0.364. The van der Waals surface area contributed by atoms with Gasteiger partial charge in [0.05, 0.1) is 6.61 Å². The number of alkyl halides is 1. The van der Waals surface area contributed by atoms with E-state index >= 15 is 0 Å². The van der Waals surface area contributed by atoms with Crippen molar-refractivity contribution in [2.75, 3.05) is 19.8 Å². The van der Waals surface area contributed by atoms with Gasteiger partial charge in [-0.25, -0.2) is 0 Å². The average Bonchev–Trinajstić information content (AvgIpc) is 3.14. The molecule has 360 valence electrons. The number of hydrogen-bond donors (Lipinski definition) is 0. The van der Waals surface area contributed by atoms with Crippen molar-refractivity contribution in [1.29, 1.82) is 0 Å². The molecular formula is C38H51BrO25. The lowest BCUT2D eigenvalue weighted by atomic mass is 9.95. The van der Waals surface area contributed by atoms with Gasteiger partial charge in [-0.1, -0.05) is 15.9 Å². The lowest BCUT2D eigenvalue weighted by Crippen LogP contribution is -2.67. The molecule has 26 heteroatoms. The largest absolute Gasteiger partial charge is 0.463 e. The fourth-order valence-corrected chi connectivity index (χ4v) is 7.46. The van der Waals surface area contributed by atoms with Crippen molar-refractivity contribution >= 4 is 75.6 Å². The fraction of sp³-hybridized carbons (Fsp3) is 0.737. The van der Waals surface area contributed by atoms with Crippen LogP contribution in [0.1, 0.15) is 69.2 Å². The van der Waals surface area contributed by atoms with Crippen LogP contribution >= 0.6 is 15.9 Å². The summed E-state index contributed by atoms with van der Waals surface area (Å²) in [5.74, 6) is -9.09. The molecule has 3 heterocycles. The zero-order valence-electron chi connectivity index (χ0n) is 36.4. The van der Waals surface area contributed by atoms with E-state index in [0.29, 0.717) is 0 Å². The van der Waals surface area contributed by atoms with Crippen LogP contribution in [0.2, 0.25) is 0 Å². The van der Waals surface area contributed by atoms with Gasteiger partial charge in [0.25, 0.3) is 0 Å². The van der Waals surface area contributed by atoms with E-state index in [-0.39, 0.29) is 0 Å². The lowest BCUT2D eigenvalue weighted by Gasteiger charge is -2.49. The Balaban J connectivity index is 2.22. The van der Waals surface area contributed by atoms with Crippen LogP contribution in [0.3, 0.4) is 0 Å². The number of rotatable bonds is 17. The van der Waals surface area contributed by atoms with Gasteiger partial charge in [0, 0.05) is 69.2 Å². The van der Waals surface area contributed by atoms with Crippen LogP contribution in [0.4, 0.5) is 0 Å². The SMILES string of the molecule is CC(=O)OC[C@H]1O[C@@H](O[C@@H]2[C@@H](OC(C)=O)[C@H](OC[C@H]3O[C@H](Br)[C@H](OC(C)=O)[C@@H](OC(C)=O)[C@@H]3OC(C)=O)O[C@H](COC(C)=O)[C@H]2OC(C)=O)[C@H](OC(C)=O)[C@@H](OC(C)=O)[C@@H]1OC(C)=O. The van der Waals surface area contributed by atoms with E-state index in [0.717, 1.165) is 69.2 Å². The highest BCUT2D eigenvalue weighted by Crippen LogP contribution is 2.37. The highest BCUT2D eigenvalue weighted by atomic mass is 79.9. The number of ether oxygens (including phenoxy) is 15. The Morgan fingerprint density at radius 1 is 0.344 bits per heavy atom. The highest BCUT2D eigenvalue weighted by Gasteiger charge is 2.59. The second-order valence-electron chi connectivity index (χ2n) is 14.2. The third kappa shape index (κ3) is 15.9. The van der Waals surface area contributed by atoms with E-state index in [9.17, 15) is 47.9 Å². The zero-order chi connectivity index (χ0) is 48.2. The van der Waals surface area contributed by atoms with E-state index in [1.807, 2.05) is 0 Å². The zero-order valence-corrected chi connectivity index (χ0v) is 38.0. The molecule has 0 aromatic rings. The van der Waals surface area contributed by atoms with E-state index in [4.69, 9.17) is 71.1 Å². The first kappa shape index (κ1) is 53.3. The van der Waals surface area contributed by atoms with Crippen LogP contribution in [-0.4, -0.2) is 170 Å². The quantitative estimate of drug-likeness (QED) is 0.101. The molecule has 15 atom stereocenters. The summed E-state index contributed by atoms with van der Waals surface area (Å²) in [6.45, 7) is 8.17. The number of carbonyl (C=O) groups is 10. The third-order valence-electron chi connectivity index (χ3n) is 8.79. The molecule has 0 spiro atoms. The molecule has 0 N–H and O–H groups in total. The summed E-state index contributed by atoms with van der Waals surface area (Å²) >= 11 is 3.24. The Kier molecular flexibility index (Phi) is 20.3. The van der Waals surface area contributed by atoms with E-state index in [2.05, 4.69) is 15.9 Å². The number of halogens is 1. The van der Waals surface area contributed by atoms with Crippen molar-refractivity contribution in [3.8, 4) is 0 Å². The van der Waals surface area contributed by atoms with E-state index in [1.54, 1.807) is 0 Å². The van der Waals surface area contributed by atoms with Crippen LogP contribution < -0.4 is 0 Å². The van der Waals surface area contributed by atoms with Crippen LogP contribution in [0.15, 0.2) is 0 Å².